The quantitative estimate of drug-likeness (QED) is 0.719. The molecule has 1 heterocycles. The normalized spacial score (nSPS) is 20.1. The van der Waals surface area contributed by atoms with Crippen molar-refractivity contribution in [1.82, 2.24) is 4.98 Å². The third-order valence-electron chi connectivity index (χ3n) is 3.17. The van der Waals surface area contributed by atoms with Crippen molar-refractivity contribution in [3.63, 3.8) is 0 Å². The summed E-state index contributed by atoms with van der Waals surface area (Å²) in [4.78, 5) is 4.53. The van der Waals surface area contributed by atoms with Crippen molar-refractivity contribution in [1.29, 1.82) is 0 Å². The van der Waals surface area contributed by atoms with E-state index in [9.17, 15) is 0 Å². The summed E-state index contributed by atoms with van der Waals surface area (Å²) in [5.41, 5.74) is 1.61. The van der Waals surface area contributed by atoms with Gasteiger partial charge in [0.15, 0.2) is 0 Å². The van der Waals surface area contributed by atoms with Gasteiger partial charge in [0, 0.05) is 11.3 Å². The highest BCUT2D eigenvalue weighted by atomic mass is 35.5. The predicted molar refractivity (Wildman–Crippen MR) is 62.2 cm³/mol. The van der Waals surface area contributed by atoms with Gasteiger partial charge in [-0.2, -0.15) is 0 Å². The van der Waals surface area contributed by atoms with Gasteiger partial charge in [0.05, 0.1) is 10.7 Å². The van der Waals surface area contributed by atoms with Gasteiger partial charge in [0.2, 0.25) is 0 Å². The monoisotopic (exact) mass is 229 g/mol. The zero-order valence-electron chi connectivity index (χ0n) is 8.55. The standard InChI is InChI=1S/C11H16ClNS/c1-9-13-10(7-14-9)6-11(8-12)4-2-3-5-11/h7H,2-6,8H2,1H3. The van der Waals surface area contributed by atoms with E-state index >= 15 is 0 Å². The Morgan fingerprint density at radius 1 is 1.50 bits per heavy atom. The molecule has 2 rings (SSSR count). The molecule has 1 aliphatic carbocycles. The zero-order chi connectivity index (χ0) is 10.0. The van der Waals surface area contributed by atoms with Crippen LogP contribution in [0.2, 0.25) is 0 Å². The molecule has 14 heavy (non-hydrogen) atoms. The Morgan fingerprint density at radius 3 is 2.71 bits per heavy atom. The first-order valence-corrected chi connectivity index (χ1v) is 6.62. The second-order valence-corrected chi connectivity index (χ2v) is 5.70. The molecule has 78 valence electrons. The van der Waals surface area contributed by atoms with Crippen LogP contribution < -0.4 is 0 Å². The Labute approximate surface area is 94.5 Å². The zero-order valence-corrected chi connectivity index (χ0v) is 10.1. The van der Waals surface area contributed by atoms with Gasteiger partial charge < -0.3 is 0 Å². The van der Waals surface area contributed by atoms with Crippen LogP contribution in [0.25, 0.3) is 0 Å². The molecule has 1 aliphatic rings. The first-order chi connectivity index (χ1) is 6.74. The topological polar surface area (TPSA) is 12.9 Å². The lowest BCUT2D eigenvalue weighted by atomic mass is 9.84. The van der Waals surface area contributed by atoms with E-state index < -0.39 is 0 Å². The molecule has 0 bridgehead atoms. The van der Waals surface area contributed by atoms with E-state index in [1.807, 2.05) is 0 Å². The number of nitrogens with zero attached hydrogens (tertiary/aromatic N) is 1. The first-order valence-electron chi connectivity index (χ1n) is 5.21. The molecule has 0 aliphatic heterocycles. The van der Waals surface area contributed by atoms with Crippen LogP contribution >= 0.6 is 22.9 Å². The second-order valence-electron chi connectivity index (χ2n) is 4.38. The molecule has 1 aromatic heterocycles. The Hall–Kier alpha value is -0.0800. The summed E-state index contributed by atoms with van der Waals surface area (Å²) in [6.45, 7) is 2.07. The predicted octanol–water partition coefficient (Wildman–Crippen LogP) is 3.79. The number of halogens is 1. The SMILES string of the molecule is Cc1nc(CC2(CCl)CCCC2)cs1. The van der Waals surface area contributed by atoms with E-state index in [0.29, 0.717) is 5.41 Å². The van der Waals surface area contributed by atoms with Gasteiger partial charge >= 0.3 is 0 Å². The van der Waals surface area contributed by atoms with Crippen molar-refractivity contribution < 1.29 is 0 Å². The lowest BCUT2D eigenvalue weighted by Gasteiger charge is -2.24. The lowest BCUT2D eigenvalue weighted by molar-refractivity contribution is 0.338. The molecular weight excluding hydrogens is 214 g/mol. The summed E-state index contributed by atoms with van der Waals surface area (Å²) < 4.78 is 0. The van der Waals surface area contributed by atoms with E-state index in [4.69, 9.17) is 11.6 Å². The summed E-state index contributed by atoms with van der Waals surface area (Å²) in [6, 6.07) is 0. The molecular formula is C11H16ClNS. The van der Waals surface area contributed by atoms with Crippen LogP contribution in [0.4, 0.5) is 0 Å². The minimum absolute atomic E-state index is 0.363. The number of thiazole rings is 1. The molecule has 0 spiro atoms. The summed E-state index contributed by atoms with van der Waals surface area (Å²) in [6.07, 6.45) is 6.34. The maximum atomic E-state index is 6.10. The van der Waals surface area contributed by atoms with Crippen molar-refractivity contribution in [3.05, 3.63) is 16.1 Å². The third kappa shape index (κ3) is 2.12. The Balaban J connectivity index is 2.08. The van der Waals surface area contributed by atoms with Crippen LogP contribution in [0.5, 0.6) is 0 Å². The Kier molecular flexibility index (Phi) is 3.13. The minimum atomic E-state index is 0.363. The molecule has 0 atom stereocenters. The van der Waals surface area contributed by atoms with Crippen molar-refractivity contribution in [2.45, 2.75) is 39.0 Å². The largest absolute Gasteiger partial charge is 0.247 e. The fourth-order valence-electron chi connectivity index (χ4n) is 2.36. The molecule has 1 saturated carbocycles. The number of rotatable bonds is 3. The van der Waals surface area contributed by atoms with Gasteiger partial charge in [0.1, 0.15) is 0 Å². The van der Waals surface area contributed by atoms with Crippen molar-refractivity contribution in [3.8, 4) is 0 Å². The number of aryl methyl sites for hydroxylation is 1. The minimum Gasteiger partial charge on any atom is -0.247 e. The van der Waals surface area contributed by atoms with Crippen molar-refractivity contribution >= 4 is 22.9 Å². The molecule has 3 heteroatoms. The summed E-state index contributed by atoms with van der Waals surface area (Å²) >= 11 is 7.84. The maximum Gasteiger partial charge on any atom is 0.0897 e. The molecule has 0 unspecified atom stereocenters. The maximum absolute atomic E-state index is 6.10. The number of hydrogen-bond acceptors (Lipinski definition) is 2. The molecule has 0 radical (unpaired) electrons. The smallest absolute Gasteiger partial charge is 0.0897 e. The molecule has 1 nitrogen and oxygen atoms in total. The van der Waals surface area contributed by atoms with Crippen LogP contribution in [0.15, 0.2) is 5.38 Å². The fraction of sp³-hybridized carbons (Fsp3) is 0.727. The Bertz CT molecular complexity index is 302. The van der Waals surface area contributed by atoms with E-state index in [1.165, 1.54) is 36.4 Å². The van der Waals surface area contributed by atoms with Crippen molar-refractivity contribution in [2.75, 3.05) is 5.88 Å². The van der Waals surface area contributed by atoms with Crippen molar-refractivity contribution in [2.24, 2.45) is 5.41 Å². The van der Waals surface area contributed by atoms with Gasteiger partial charge in [-0.15, -0.1) is 22.9 Å². The van der Waals surface area contributed by atoms with Crippen LogP contribution in [0.3, 0.4) is 0 Å². The van der Waals surface area contributed by atoms with Crippen LogP contribution in [-0.4, -0.2) is 10.9 Å². The summed E-state index contributed by atoms with van der Waals surface area (Å²) in [5.74, 6) is 0.795. The average Bonchev–Trinajstić information content (AvgIpc) is 2.77. The van der Waals surface area contributed by atoms with E-state index in [-0.39, 0.29) is 0 Å². The molecule has 0 amide bonds. The highest BCUT2D eigenvalue weighted by Crippen LogP contribution is 2.41. The fourth-order valence-corrected chi connectivity index (χ4v) is 3.33. The average molecular weight is 230 g/mol. The highest BCUT2D eigenvalue weighted by molar-refractivity contribution is 7.09. The summed E-state index contributed by atoms with van der Waals surface area (Å²) in [7, 11) is 0. The molecule has 1 fully saturated rings. The summed E-state index contributed by atoms with van der Waals surface area (Å²) in [5, 5.41) is 3.35. The third-order valence-corrected chi connectivity index (χ3v) is 4.56. The van der Waals surface area contributed by atoms with Gasteiger partial charge in [-0.05, 0) is 31.6 Å². The van der Waals surface area contributed by atoms with Crippen LogP contribution in [-0.2, 0) is 6.42 Å². The molecule has 0 N–H and O–H groups in total. The highest BCUT2D eigenvalue weighted by Gasteiger charge is 2.33. The first kappa shape index (κ1) is 10.4. The van der Waals surface area contributed by atoms with Gasteiger partial charge in [-0.3, -0.25) is 0 Å². The van der Waals surface area contributed by atoms with Gasteiger partial charge in [0.25, 0.3) is 0 Å². The number of alkyl halides is 1. The molecule has 0 aromatic carbocycles. The van der Waals surface area contributed by atoms with Crippen LogP contribution in [0.1, 0.15) is 36.4 Å². The van der Waals surface area contributed by atoms with E-state index in [2.05, 4.69) is 17.3 Å². The van der Waals surface area contributed by atoms with E-state index in [0.717, 1.165) is 12.3 Å². The van der Waals surface area contributed by atoms with Gasteiger partial charge in [-0.25, -0.2) is 4.98 Å². The Morgan fingerprint density at radius 2 is 2.21 bits per heavy atom. The number of hydrogen-bond donors (Lipinski definition) is 0. The number of aromatic nitrogens is 1. The van der Waals surface area contributed by atoms with Gasteiger partial charge in [-0.1, -0.05) is 12.8 Å². The van der Waals surface area contributed by atoms with Crippen LogP contribution in [0, 0.1) is 12.3 Å². The molecule has 0 saturated heterocycles. The second kappa shape index (κ2) is 4.19. The van der Waals surface area contributed by atoms with E-state index in [1.54, 1.807) is 11.3 Å². The molecule has 1 aromatic rings. The lowest BCUT2D eigenvalue weighted by Crippen LogP contribution is -2.21.